The summed E-state index contributed by atoms with van der Waals surface area (Å²) in [5.41, 5.74) is 0.674. The van der Waals surface area contributed by atoms with Crippen molar-refractivity contribution in [2.75, 3.05) is 20.6 Å². The van der Waals surface area contributed by atoms with Crippen LogP contribution in [-0.2, 0) is 10.0 Å². The van der Waals surface area contributed by atoms with Crippen LogP contribution in [0.15, 0.2) is 34.2 Å². The van der Waals surface area contributed by atoms with Gasteiger partial charge in [0.15, 0.2) is 0 Å². The predicted octanol–water partition coefficient (Wildman–Crippen LogP) is 2.09. The smallest absolute Gasteiger partial charge is 0.266 e. The molecule has 0 aromatic heterocycles. The SMILES string of the molecule is CCC1(C)CN(S(=O)(=O)c2ccc(C)cc2)C(N(C)C)=N1. The number of hydrogen-bond donors (Lipinski definition) is 0. The minimum absolute atomic E-state index is 0.308. The van der Waals surface area contributed by atoms with E-state index >= 15 is 0 Å². The molecule has 1 unspecified atom stereocenters. The Hall–Kier alpha value is -1.56. The summed E-state index contributed by atoms with van der Waals surface area (Å²) >= 11 is 0. The molecule has 5 nitrogen and oxygen atoms in total. The molecule has 0 saturated heterocycles. The van der Waals surface area contributed by atoms with Gasteiger partial charge in [-0.1, -0.05) is 24.6 Å². The van der Waals surface area contributed by atoms with E-state index in [1.165, 1.54) is 4.31 Å². The summed E-state index contributed by atoms with van der Waals surface area (Å²) in [5, 5.41) is 0. The fourth-order valence-corrected chi connectivity index (χ4v) is 3.86. The first-order valence-electron chi connectivity index (χ1n) is 7.06. The van der Waals surface area contributed by atoms with Crippen molar-refractivity contribution in [3.05, 3.63) is 29.8 Å². The Morgan fingerprint density at radius 2 is 1.86 bits per heavy atom. The minimum atomic E-state index is -3.57. The number of benzene rings is 1. The van der Waals surface area contributed by atoms with Gasteiger partial charge < -0.3 is 4.90 Å². The molecular formula is C15H23N3O2S. The highest BCUT2D eigenvalue weighted by Crippen LogP contribution is 2.29. The maximum Gasteiger partial charge on any atom is 0.266 e. The van der Waals surface area contributed by atoms with E-state index in [2.05, 4.69) is 4.99 Å². The molecule has 0 spiro atoms. The molecule has 0 bridgehead atoms. The third kappa shape index (κ3) is 2.90. The van der Waals surface area contributed by atoms with Gasteiger partial charge >= 0.3 is 0 Å². The summed E-state index contributed by atoms with van der Waals surface area (Å²) in [5.74, 6) is 0.500. The number of nitrogens with zero attached hydrogens (tertiary/aromatic N) is 3. The molecule has 0 radical (unpaired) electrons. The van der Waals surface area contributed by atoms with Gasteiger partial charge in [0.2, 0.25) is 5.96 Å². The highest BCUT2D eigenvalue weighted by molar-refractivity contribution is 7.89. The van der Waals surface area contributed by atoms with Crippen LogP contribution < -0.4 is 0 Å². The number of sulfonamides is 1. The van der Waals surface area contributed by atoms with Crippen LogP contribution >= 0.6 is 0 Å². The van der Waals surface area contributed by atoms with Gasteiger partial charge in [-0.2, -0.15) is 0 Å². The van der Waals surface area contributed by atoms with Crippen molar-refractivity contribution in [3.8, 4) is 0 Å². The summed E-state index contributed by atoms with van der Waals surface area (Å²) in [6, 6.07) is 6.93. The van der Waals surface area contributed by atoms with Crippen LogP contribution in [0, 0.1) is 6.92 Å². The molecular weight excluding hydrogens is 286 g/mol. The van der Waals surface area contributed by atoms with E-state index in [4.69, 9.17) is 0 Å². The van der Waals surface area contributed by atoms with Crippen LogP contribution in [-0.4, -0.2) is 49.8 Å². The average molecular weight is 309 g/mol. The van der Waals surface area contributed by atoms with Crippen molar-refractivity contribution < 1.29 is 8.42 Å². The summed E-state index contributed by atoms with van der Waals surface area (Å²) in [7, 11) is 0.0648. The van der Waals surface area contributed by atoms with Gasteiger partial charge in [-0.05, 0) is 32.4 Å². The van der Waals surface area contributed by atoms with E-state index in [-0.39, 0.29) is 5.54 Å². The van der Waals surface area contributed by atoms with Gasteiger partial charge in [-0.15, -0.1) is 0 Å². The largest absolute Gasteiger partial charge is 0.348 e. The fourth-order valence-electron chi connectivity index (χ4n) is 2.26. The van der Waals surface area contributed by atoms with E-state index in [0.29, 0.717) is 17.4 Å². The van der Waals surface area contributed by atoms with Gasteiger partial charge in [0.05, 0.1) is 17.0 Å². The number of aryl methyl sites for hydroxylation is 1. The van der Waals surface area contributed by atoms with Gasteiger partial charge in [0.1, 0.15) is 0 Å². The van der Waals surface area contributed by atoms with E-state index < -0.39 is 10.0 Å². The summed E-state index contributed by atoms with van der Waals surface area (Å²) in [6.07, 6.45) is 0.796. The second kappa shape index (κ2) is 5.33. The van der Waals surface area contributed by atoms with Crippen molar-refractivity contribution in [1.82, 2.24) is 9.21 Å². The van der Waals surface area contributed by atoms with Crippen molar-refractivity contribution in [2.45, 2.75) is 37.6 Å². The Labute approximate surface area is 127 Å². The molecule has 1 heterocycles. The molecule has 1 atom stereocenters. The zero-order chi connectivity index (χ0) is 15.8. The van der Waals surface area contributed by atoms with Crippen LogP contribution in [0.5, 0.6) is 0 Å². The van der Waals surface area contributed by atoms with Gasteiger partial charge in [0.25, 0.3) is 10.0 Å². The summed E-state index contributed by atoms with van der Waals surface area (Å²) in [6.45, 7) is 6.33. The van der Waals surface area contributed by atoms with E-state index in [0.717, 1.165) is 12.0 Å². The normalized spacial score (nSPS) is 22.3. The number of aliphatic imine (C=N–C) groups is 1. The number of hydrogen-bond acceptors (Lipinski definition) is 4. The maximum absolute atomic E-state index is 12.9. The third-order valence-corrected chi connectivity index (χ3v) is 5.59. The molecule has 1 aliphatic heterocycles. The quantitative estimate of drug-likeness (QED) is 0.859. The first kappa shape index (κ1) is 15.8. The Morgan fingerprint density at radius 1 is 1.29 bits per heavy atom. The molecule has 0 aliphatic carbocycles. The van der Waals surface area contributed by atoms with E-state index in [9.17, 15) is 8.42 Å². The van der Waals surface area contributed by atoms with Gasteiger partial charge in [-0.25, -0.2) is 17.7 Å². The molecule has 0 amide bonds. The summed E-state index contributed by atoms with van der Waals surface area (Å²) in [4.78, 5) is 6.68. The first-order valence-corrected chi connectivity index (χ1v) is 8.50. The Morgan fingerprint density at radius 3 is 2.33 bits per heavy atom. The molecule has 0 N–H and O–H groups in total. The van der Waals surface area contributed by atoms with Gasteiger partial charge in [0, 0.05) is 14.1 Å². The Bertz CT molecular complexity index is 650. The lowest BCUT2D eigenvalue weighted by atomic mass is 10.0. The summed E-state index contributed by atoms with van der Waals surface area (Å²) < 4.78 is 27.2. The molecule has 1 aromatic carbocycles. The molecule has 1 aliphatic rings. The highest BCUT2D eigenvalue weighted by Gasteiger charge is 2.41. The lowest BCUT2D eigenvalue weighted by molar-refractivity contribution is 0.413. The van der Waals surface area contributed by atoms with Crippen LogP contribution in [0.3, 0.4) is 0 Å². The standard InChI is InChI=1S/C15H23N3O2S/c1-6-15(3)11-18(14(16-15)17(4)5)21(19,20)13-9-7-12(2)8-10-13/h7-10H,6,11H2,1-5H3. The zero-order valence-electron chi connectivity index (χ0n) is 13.3. The van der Waals surface area contributed by atoms with Gasteiger partial charge in [-0.3, -0.25) is 0 Å². The Kier molecular flexibility index (Phi) is 4.02. The average Bonchev–Trinajstić information content (AvgIpc) is 2.79. The fraction of sp³-hybridized carbons (Fsp3) is 0.533. The van der Waals surface area contributed by atoms with Crippen molar-refractivity contribution in [1.29, 1.82) is 0 Å². The van der Waals surface area contributed by atoms with Crippen molar-refractivity contribution in [3.63, 3.8) is 0 Å². The monoisotopic (exact) mass is 309 g/mol. The highest BCUT2D eigenvalue weighted by atomic mass is 32.2. The minimum Gasteiger partial charge on any atom is -0.348 e. The van der Waals surface area contributed by atoms with Crippen LogP contribution in [0.4, 0.5) is 0 Å². The second-order valence-corrected chi connectivity index (χ2v) is 7.84. The molecule has 2 rings (SSSR count). The topological polar surface area (TPSA) is 53.0 Å². The molecule has 21 heavy (non-hydrogen) atoms. The first-order chi connectivity index (χ1) is 9.69. The lowest BCUT2D eigenvalue weighted by Gasteiger charge is -2.26. The number of rotatable bonds is 3. The van der Waals surface area contributed by atoms with E-state index in [1.807, 2.05) is 47.0 Å². The molecule has 116 valence electrons. The molecule has 0 saturated carbocycles. The van der Waals surface area contributed by atoms with Crippen LogP contribution in [0.2, 0.25) is 0 Å². The zero-order valence-corrected chi connectivity index (χ0v) is 14.1. The lowest BCUT2D eigenvalue weighted by Crippen LogP contribution is -2.43. The van der Waals surface area contributed by atoms with Crippen LogP contribution in [0.1, 0.15) is 25.8 Å². The molecule has 6 heteroatoms. The van der Waals surface area contributed by atoms with Crippen LogP contribution in [0.25, 0.3) is 0 Å². The van der Waals surface area contributed by atoms with Crippen molar-refractivity contribution >= 4 is 16.0 Å². The number of guanidine groups is 1. The molecule has 0 fully saturated rings. The maximum atomic E-state index is 12.9. The molecule has 1 aromatic rings. The Balaban J connectivity index is 2.45. The second-order valence-electron chi connectivity index (χ2n) is 5.98. The van der Waals surface area contributed by atoms with Crippen molar-refractivity contribution in [2.24, 2.45) is 4.99 Å². The predicted molar refractivity (Wildman–Crippen MR) is 84.9 cm³/mol. The van der Waals surface area contributed by atoms with E-state index in [1.54, 1.807) is 17.0 Å². The third-order valence-electron chi connectivity index (χ3n) is 3.85.